The first-order chi connectivity index (χ1) is 12.1. The Morgan fingerprint density at radius 1 is 0.880 bits per heavy atom. The van der Waals surface area contributed by atoms with Crippen LogP contribution in [0.25, 0.3) is 11.1 Å². The highest BCUT2D eigenvalue weighted by atomic mass is 16.5. The second-order valence-corrected chi connectivity index (χ2v) is 5.99. The van der Waals surface area contributed by atoms with Crippen molar-refractivity contribution in [2.24, 2.45) is 0 Å². The molecule has 25 heavy (non-hydrogen) atoms. The molecule has 3 aromatic rings. The topological polar surface area (TPSA) is 46.5 Å². The average molecular weight is 332 g/mol. The van der Waals surface area contributed by atoms with Gasteiger partial charge in [-0.3, -0.25) is 4.79 Å². The van der Waals surface area contributed by atoms with E-state index >= 15 is 0 Å². The maximum Gasteiger partial charge on any atom is 0.307 e. The van der Waals surface area contributed by atoms with Crippen LogP contribution in [-0.2, 0) is 17.8 Å². The van der Waals surface area contributed by atoms with E-state index in [4.69, 9.17) is 9.84 Å². The third kappa shape index (κ3) is 4.27. The van der Waals surface area contributed by atoms with Crippen molar-refractivity contribution in [1.82, 2.24) is 0 Å². The lowest BCUT2D eigenvalue weighted by Crippen LogP contribution is -2.02. The van der Waals surface area contributed by atoms with Gasteiger partial charge < -0.3 is 9.84 Å². The van der Waals surface area contributed by atoms with E-state index in [-0.39, 0.29) is 6.42 Å². The SMILES string of the molecule is Cc1ccccc1-c1cc(CC(=O)O)ccc1OCc1ccccc1. The quantitative estimate of drug-likeness (QED) is 0.700. The number of ether oxygens (including phenoxy) is 1. The zero-order chi connectivity index (χ0) is 17.6. The normalized spacial score (nSPS) is 10.4. The first-order valence-corrected chi connectivity index (χ1v) is 8.21. The van der Waals surface area contributed by atoms with Crippen molar-refractivity contribution in [2.45, 2.75) is 20.0 Å². The van der Waals surface area contributed by atoms with Gasteiger partial charge in [-0.15, -0.1) is 0 Å². The van der Waals surface area contributed by atoms with Crippen LogP contribution in [-0.4, -0.2) is 11.1 Å². The molecular formula is C22H20O3. The Morgan fingerprint density at radius 2 is 1.60 bits per heavy atom. The van der Waals surface area contributed by atoms with Crippen LogP contribution in [0.4, 0.5) is 0 Å². The summed E-state index contributed by atoms with van der Waals surface area (Å²) in [5.41, 5.74) is 4.95. The highest BCUT2D eigenvalue weighted by molar-refractivity contribution is 5.76. The van der Waals surface area contributed by atoms with Crippen LogP contribution < -0.4 is 4.74 Å². The minimum absolute atomic E-state index is 0.00214. The van der Waals surface area contributed by atoms with E-state index in [9.17, 15) is 4.79 Å². The summed E-state index contributed by atoms with van der Waals surface area (Å²) in [6, 6.07) is 23.6. The van der Waals surface area contributed by atoms with Gasteiger partial charge >= 0.3 is 5.97 Å². The molecule has 0 saturated heterocycles. The van der Waals surface area contributed by atoms with Crippen molar-refractivity contribution in [3.63, 3.8) is 0 Å². The van der Waals surface area contributed by atoms with Crippen LogP contribution in [0.3, 0.4) is 0 Å². The molecule has 0 aliphatic heterocycles. The molecule has 0 spiro atoms. The standard InChI is InChI=1S/C22H20O3/c1-16-7-5-6-10-19(16)20-13-18(14-22(23)24)11-12-21(20)25-15-17-8-3-2-4-9-17/h2-13H,14-15H2,1H3,(H,23,24). The summed E-state index contributed by atoms with van der Waals surface area (Å²) in [5.74, 6) is -0.0824. The van der Waals surface area contributed by atoms with Crippen LogP contribution >= 0.6 is 0 Å². The summed E-state index contributed by atoms with van der Waals surface area (Å²) in [5, 5.41) is 9.07. The van der Waals surface area contributed by atoms with Crippen LogP contribution in [0.1, 0.15) is 16.7 Å². The van der Waals surface area contributed by atoms with E-state index in [1.165, 1.54) is 0 Å². The van der Waals surface area contributed by atoms with Gasteiger partial charge in [-0.2, -0.15) is 0 Å². The van der Waals surface area contributed by atoms with Crippen molar-refractivity contribution in [2.75, 3.05) is 0 Å². The largest absolute Gasteiger partial charge is 0.488 e. The van der Waals surface area contributed by atoms with Crippen LogP contribution in [0.5, 0.6) is 5.75 Å². The van der Waals surface area contributed by atoms with E-state index in [1.54, 1.807) is 0 Å². The number of hydrogen-bond donors (Lipinski definition) is 1. The molecule has 0 radical (unpaired) electrons. The van der Waals surface area contributed by atoms with E-state index in [0.29, 0.717) is 6.61 Å². The van der Waals surface area contributed by atoms with E-state index < -0.39 is 5.97 Å². The van der Waals surface area contributed by atoms with Gasteiger partial charge in [0.15, 0.2) is 0 Å². The first kappa shape index (κ1) is 16.8. The van der Waals surface area contributed by atoms with Crippen LogP contribution in [0, 0.1) is 6.92 Å². The molecule has 3 nitrogen and oxygen atoms in total. The smallest absolute Gasteiger partial charge is 0.307 e. The lowest BCUT2D eigenvalue weighted by Gasteiger charge is -2.15. The molecule has 0 unspecified atom stereocenters. The number of carbonyl (C=O) groups is 1. The summed E-state index contributed by atoms with van der Waals surface area (Å²) in [6.45, 7) is 2.51. The molecule has 0 aromatic heterocycles. The zero-order valence-electron chi connectivity index (χ0n) is 14.1. The predicted molar refractivity (Wildman–Crippen MR) is 98.7 cm³/mol. The monoisotopic (exact) mass is 332 g/mol. The second kappa shape index (κ2) is 7.67. The van der Waals surface area contributed by atoms with Crippen molar-refractivity contribution in [3.05, 3.63) is 89.5 Å². The van der Waals surface area contributed by atoms with Gasteiger partial charge in [-0.1, -0.05) is 60.7 Å². The Bertz CT molecular complexity index is 869. The van der Waals surface area contributed by atoms with Crippen LogP contribution in [0.15, 0.2) is 72.8 Å². The van der Waals surface area contributed by atoms with Gasteiger partial charge in [0.1, 0.15) is 12.4 Å². The van der Waals surface area contributed by atoms with Crippen molar-refractivity contribution < 1.29 is 14.6 Å². The molecule has 3 rings (SSSR count). The van der Waals surface area contributed by atoms with E-state index in [0.717, 1.165) is 33.6 Å². The molecule has 0 aliphatic rings. The molecule has 0 bridgehead atoms. The highest BCUT2D eigenvalue weighted by Gasteiger charge is 2.12. The van der Waals surface area contributed by atoms with Gasteiger partial charge in [-0.05, 0) is 41.3 Å². The maximum atomic E-state index is 11.0. The summed E-state index contributed by atoms with van der Waals surface area (Å²) in [6.07, 6.45) is -0.00214. The fraction of sp³-hybridized carbons (Fsp3) is 0.136. The number of hydrogen-bond acceptors (Lipinski definition) is 2. The third-order valence-electron chi connectivity index (χ3n) is 4.07. The fourth-order valence-corrected chi connectivity index (χ4v) is 2.81. The molecule has 1 N–H and O–H groups in total. The number of aryl methyl sites for hydroxylation is 1. The van der Waals surface area contributed by atoms with Gasteiger partial charge in [-0.25, -0.2) is 0 Å². The second-order valence-electron chi connectivity index (χ2n) is 5.99. The van der Waals surface area contributed by atoms with E-state index in [1.807, 2.05) is 79.7 Å². The Hall–Kier alpha value is -3.07. The number of rotatable bonds is 6. The summed E-state index contributed by atoms with van der Waals surface area (Å²) < 4.78 is 6.05. The minimum atomic E-state index is -0.839. The molecule has 3 heteroatoms. The molecule has 3 aromatic carbocycles. The Kier molecular flexibility index (Phi) is 5.14. The number of benzene rings is 3. The minimum Gasteiger partial charge on any atom is -0.488 e. The third-order valence-corrected chi connectivity index (χ3v) is 4.07. The van der Waals surface area contributed by atoms with E-state index in [2.05, 4.69) is 0 Å². The molecular weight excluding hydrogens is 312 g/mol. The highest BCUT2D eigenvalue weighted by Crippen LogP contribution is 2.33. The Labute approximate surface area is 147 Å². The first-order valence-electron chi connectivity index (χ1n) is 8.21. The molecule has 0 aliphatic carbocycles. The van der Waals surface area contributed by atoms with Gasteiger partial charge in [0.2, 0.25) is 0 Å². The number of carboxylic acids is 1. The van der Waals surface area contributed by atoms with Crippen molar-refractivity contribution >= 4 is 5.97 Å². The Morgan fingerprint density at radius 3 is 2.32 bits per heavy atom. The van der Waals surface area contributed by atoms with Gasteiger partial charge in [0, 0.05) is 5.56 Å². The van der Waals surface area contributed by atoms with Gasteiger partial charge in [0.25, 0.3) is 0 Å². The maximum absolute atomic E-state index is 11.0. The summed E-state index contributed by atoms with van der Waals surface area (Å²) >= 11 is 0. The molecule has 0 heterocycles. The molecule has 0 atom stereocenters. The zero-order valence-corrected chi connectivity index (χ0v) is 14.1. The lowest BCUT2D eigenvalue weighted by atomic mass is 9.97. The summed E-state index contributed by atoms with van der Waals surface area (Å²) in [4.78, 5) is 11.0. The number of aliphatic carboxylic acids is 1. The molecule has 0 saturated carbocycles. The lowest BCUT2D eigenvalue weighted by molar-refractivity contribution is -0.136. The van der Waals surface area contributed by atoms with Crippen molar-refractivity contribution in [3.8, 4) is 16.9 Å². The fourth-order valence-electron chi connectivity index (χ4n) is 2.81. The van der Waals surface area contributed by atoms with Crippen molar-refractivity contribution in [1.29, 1.82) is 0 Å². The predicted octanol–water partition coefficient (Wildman–Crippen LogP) is 4.87. The molecule has 0 amide bonds. The summed E-state index contributed by atoms with van der Waals surface area (Å²) in [7, 11) is 0. The number of carboxylic acid groups (broad SMARTS) is 1. The molecule has 0 fully saturated rings. The molecule has 126 valence electrons. The van der Waals surface area contributed by atoms with Gasteiger partial charge in [0.05, 0.1) is 6.42 Å². The Balaban J connectivity index is 1.96. The average Bonchev–Trinajstić information content (AvgIpc) is 2.61. The van der Waals surface area contributed by atoms with Crippen LogP contribution in [0.2, 0.25) is 0 Å².